The van der Waals surface area contributed by atoms with Crippen LogP contribution in [0.25, 0.3) is 11.3 Å². The smallest absolute Gasteiger partial charge is 0.410 e. The van der Waals surface area contributed by atoms with Crippen LogP contribution in [0.3, 0.4) is 0 Å². The number of nitrogens with two attached hydrogens (primary N) is 2. The molecule has 3 atom stereocenters. The summed E-state index contributed by atoms with van der Waals surface area (Å²) in [7, 11) is 0. The van der Waals surface area contributed by atoms with Crippen LogP contribution in [0.4, 0.5) is 32.5 Å². The lowest BCUT2D eigenvalue weighted by atomic mass is 10.0. The number of amides is 9. The molecule has 2 fully saturated rings. The van der Waals surface area contributed by atoms with Gasteiger partial charge in [-0.15, -0.1) is 0 Å². The first-order valence-corrected chi connectivity index (χ1v) is 25.6. The number of hydrogen-bond donors (Lipinski definition) is 7. The van der Waals surface area contributed by atoms with E-state index in [-0.39, 0.29) is 73.8 Å². The lowest BCUT2D eigenvalue weighted by Gasteiger charge is -2.30. The Morgan fingerprint density at radius 3 is 2.30 bits per heavy atom. The summed E-state index contributed by atoms with van der Waals surface area (Å²) in [5, 5.41) is 13.7. The van der Waals surface area contributed by atoms with Crippen LogP contribution in [0.15, 0.2) is 85.3 Å². The second-order valence-electron chi connectivity index (χ2n) is 18.9. The number of morpholine rings is 1. The molecule has 2 aromatic carbocycles. The highest BCUT2D eigenvalue weighted by atomic mass is 16.6. The summed E-state index contributed by atoms with van der Waals surface area (Å²) in [6.45, 7) is 7.11. The predicted octanol–water partition coefficient (Wildman–Crippen LogP) is 3.50. The quantitative estimate of drug-likeness (QED) is 0.0390. The molecule has 2 aromatic heterocycles. The Balaban J connectivity index is 0.850. The molecule has 24 heteroatoms. The largest absolute Gasteiger partial charge is 0.489 e. The number of anilines is 4. The van der Waals surface area contributed by atoms with Crippen LogP contribution in [-0.2, 0) is 40.1 Å². The summed E-state index contributed by atoms with van der Waals surface area (Å²) in [5.74, 6) is -2.50. The third-order valence-corrected chi connectivity index (χ3v) is 12.9. The molecule has 5 heterocycles. The number of rotatable bonds is 24. The number of unbranched alkanes of at least 4 members (excludes halogenated alkanes) is 2. The molecule has 24 nitrogen and oxygen atoms in total. The van der Waals surface area contributed by atoms with Crippen molar-refractivity contribution in [3.05, 3.63) is 96.6 Å². The van der Waals surface area contributed by atoms with Gasteiger partial charge in [0.2, 0.25) is 17.7 Å². The number of carbonyl (C=O) groups excluding carboxylic acids is 8. The number of nitrogens with zero attached hydrogens (tertiary/aromatic N) is 6. The van der Waals surface area contributed by atoms with E-state index >= 15 is 0 Å². The molecular formula is C53H65N13O11. The van der Waals surface area contributed by atoms with Crippen molar-refractivity contribution >= 4 is 70.4 Å². The minimum absolute atomic E-state index is 0.0241. The van der Waals surface area contributed by atoms with E-state index in [1.165, 1.54) is 18.3 Å². The van der Waals surface area contributed by atoms with Crippen LogP contribution in [-0.4, -0.2) is 143 Å². The van der Waals surface area contributed by atoms with Crippen molar-refractivity contribution in [1.82, 2.24) is 40.7 Å². The normalized spacial score (nSPS) is 15.9. The summed E-state index contributed by atoms with van der Waals surface area (Å²) < 4.78 is 17.3. The molecule has 2 saturated heterocycles. The topological polar surface area (TPSA) is 325 Å². The second-order valence-corrected chi connectivity index (χ2v) is 18.9. The highest BCUT2D eigenvalue weighted by Gasteiger charge is 2.31. The molecule has 3 aliphatic rings. The first-order chi connectivity index (χ1) is 37.1. The number of pyridine rings is 1. The second kappa shape index (κ2) is 27.2. The SMILES string of the molecule is CC(C)[C@H](NC(=O)CCCCCN1C(=O)C=CC1=O)C(=O)N[C@@H](CCCNC(N)=O)C(=O)Nc1ccc(COC(=O)N2CC[C@@H](Oc3ccc(-c4cnc(N)c(C(=O)Nc5cnccc5N5CCOCC5)n4)cc3)C2)cc1. The van der Waals surface area contributed by atoms with Crippen molar-refractivity contribution in [3.8, 4) is 17.0 Å². The van der Waals surface area contributed by atoms with Gasteiger partial charge in [-0.25, -0.2) is 19.6 Å². The van der Waals surface area contributed by atoms with Crippen LogP contribution in [0.2, 0.25) is 0 Å². The number of likely N-dealkylation sites (tertiary alicyclic amines) is 1. The fourth-order valence-electron chi connectivity index (χ4n) is 8.70. The maximum Gasteiger partial charge on any atom is 0.410 e. The Hall–Kier alpha value is -8.67. The Morgan fingerprint density at radius 1 is 0.844 bits per heavy atom. The summed E-state index contributed by atoms with van der Waals surface area (Å²) in [4.78, 5) is 119. The Labute approximate surface area is 445 Å². The third-order valence-electron chi connectivity index (χ3n) is 12.9. The van der Waals surface area contributed by atoms with E-state index in [1.807, 2.05) is 6.07 Å². The van der Waals surface area contributed by atoms with Gasteiger partial charge in [0.05, 0.1) is 49.2 Å². The van der Waals surface area contributed by atoms with Crippen LogP contribution < -0.4 is 47.7 Å². The number of hydrogen-bond acceptors (Lipinski definition) is 16. The zero-order chi connectivity index (χ0) is 54.8. The van der Waals surface area contributed by atoms with Crippen molar-refractivity contribution < 1.29 is 52.6 Å². The van der Waals surface area contributed by atoms with Crippen molar-refractivity contribution in [1.29, 1.82) is 0 Å². The number of urea groups is 1. The van der Waals surface area contributed by atoms with Gasteiger partial charge >= 0.3 is 12.1 Å². The molecular weight excluding hydrogens is 995 g/mol. The molecule has 0 aliphatic carbocycles. The average Bonchev–Trinajstić information content (AvgIpc) is 4.03. The summed E-state index contributed by atoms with van der Waals surface area (Å²) in [5.41, 5.74) is 14.8. The van der Waals surface area contributed by atoms with E-state index in [9.17, 15) is 38.4 Å². The predicted molar refractivity (Wildman–Crippen MR) is 283 cm³/mol. The van der Waals surface area contributed by atoms with Gasteiger partial charge in [-0.2, -0.15) is 0 Å². The molecule has 0 spiro atoms. The van der Waals surface area contributed by atoms with Gasteiger partial charge in [0, 0.05) is 75.2 Å². The van der Waals surface area contributed by atoms with Crippen LogP contribution in [0, 0.1) is 5.92 Å². The molecule has 0 unspecified atom stereocenters. The van der Waals surface area contributed by atoms with E-state index in [1.54, 1.807) is 79.7 Å². The number of imide groups is 1. The van der Waals surface area contributed by atoms with E-state index in [0.717, 1.165) is 10.6 Å². The molecule has 9 N–H and O–H groups in total. The van der Waals surface area contributed by atoms with Gasteiger partial charge in [-0.05, 0) is 79.6 Å². The fraction of sp³-hybridized carbons (Fsp3) is 0.415. The number of carbonyl (C=O) groups is 8. The van der Waals surface area contributed by atoms with Crippen molar-refractivity contribution in [2.75, 3.05) is 73.7 Å². The molecule has 0 saturated carbocycles. The van der Waals surface area contributed by atoms with Gasteiger partial charge in [-0.3, -0.25) is 38.7 Å². The van der Waals surface area contributed by atoms with Gasteiger partial charge in [-0.1, -0.05) is 32.4 Å². The number of benzene rings is 2. The van der Waals surface area contributed by atoms with Gasteiger partial charge < -0.3 is 62.1 Å². The molecule has 3 aliphatic heterocycles. The number of aromatic nitrogens is 3. The van der Waals surface area contributed by atoms with Gasteiger partial charge in [0.1, 0.15) is 30.5 Å². The number of primary amides is 1. The molecule has 408 valence electrons. The average molecular weight is 1060 g/mol. The lowest BCUT2D eigenvalue weighted by molar-refractivity contribution is -0.137. The fourth-order valence-corrected chi connectivity index (χ4v) is 8.70. The maximum atomic E-state index is 13.6. The number of nitrogens with one attached hydrogen (secondary N) is 5. The minimum atomic E-state index is -1.05. The summed E-state index contributed by atoms with van der Waals surface area (Å²) >= 11 is 0. The molecule has 77 heavy (non-hydrogen) atoms. The van der Waals surface area contributed by atoms with E-state index in [0.29, 0.717) is 105 Å². The zero-order valence-electron chi connectivity index (χ0n) is 43.0. The molecule has 4 aromatic rings. The highest BCUT2D eigenvalue weighted by Crippen LogP contribution is 2.28. The van der Waals surface area contributed by atoms with E-state index < -0.39 is 41.9 Å². The highest BCUT2D eigenvalue weighted by molar-refractivity contribution is 6.13. The molecule has 7 rings (SSSR count). The van der Waals surface area contributed by atoms with Gasteiger partial charge in [0.15, 0.2) is 11.5 Å². The first kappa shape index (κ1) is 56.1. The minimum Gasteiger partial charge on any atom is -0.489 e. The summed E-state index contributed by atoms with van der Waals surface area (Å²) in [6.07, 6.45) is 9.05. The number of nitrogen functional groups attached to an aromatic ring is 1. The van der Waals surface area contributed by atoms with Crippen molar-refractivity contribution in [2.45, 2.75) is 83.6 Å². The van der Waals surface area contributed by atoms with Crippen molar-refractivity contribution in [2.24, 2.45) is 11.7 Å². The Kier molecular flexibility index (Phi) is 19.8. The molecule has 0 bridgehead atoms. The van der Waals surface area contributed by atoms with Crippen LogP contribution in [0.5, 0.6) is 5.75 Å². The van der Waals surface area contributed by atoms with Crippen LogP contribution in [0.1, 0.15) is 74.8 Å². The lowest BCUT2D eigenvalue weighted by Crippen LogP contribution is -2.54. The standard InChI is InChI=1S/C53H65N13O11/c1-33(2)46(63-43(67)8-4-3-5-23-66-44(68)17-18-45(66)69)50(71)61-39(7-6-21-57-52(55)73)49(70)59-36-13-9-34(10-14-36)32-76-53(74)65-24-20-38(31-65)77-37-15-11-35(12-16-37)40-30-58-48(54)47(60-40)51(72)62-41-29-56-22-19-42(41)64-25-27-75-28-26-64/h9-19,22,29-30,33,38-39,46H,3-8,20-21,23-28,31-32H2,1-2H3,(H2,54,58)(H,59,70)(H,61,71)(H,62,72)(H,63,67)(H3,55,57,73)/t38-,39+,46+/m1/s1. The van der Waals surface area contributed by atoms with E-state index in [2.05, 4.69) is 46.4 Å². The molecule has 9 amide bonds. The van der Waals surface area contributed by atoms with E-state index in [4.69, 9.17) is 25.7 Å². The third kappa shape index (κ3) is 16.2. The van der Waals surface area contributed by atoms with Gasteiger partial charge in [0.25, 0.3) is 17.7 Å². The first-order valence-electron chi connectivity index (χ1n) is 25.6. The zero-order valence-corrected chi connectivity index (χ0v) is 43.0. The summed E-state index contributed by atoms with van der Waals surface area (Å²) in [6, 6.07) is 12.9. The molecule has 0 radical (unpaired) electrons. The maximum absolute atomic E-state index is 13.6. The Morgan fingerprint density at radius 2 is 1.58 bits per heavy atom. The van der Waals surface area contributed by atoms with Crippen LogP contribution >= 0.6 is 0 Å². The Bertz CT molecular complexity index is 2770. The number of ether oxygens (including phenoxy) is 3. The van der Waals surface area contributed by atoms with Crippen molar-refractivity contribution in [3.63, 3.8) is 0 Å². The monoisotopic (exact) mass is 1060 g/mol.